The van der Waals surface area contributed by atoms with Crippen molar-refractivity contribution in [3.8, 4) is 5.75 Å². The van der Waals surface area contributed by atoms with Crippen molar-refractivity contribution in [1.82, 2.24) is 35.2 Å². The molecule has 16 heteroatoms. The summed E-state index contributed by atoms with van der Waals surface area (Å²) in [6.07, 6.45) is -1.64. The van der Waals surface area contributed by atoms with Crippen LogP contribution in [0.1, 0.15) is 28.8 Å². The van der Waals surface area contributed by atoms with E-state index in [4.69, 9.17) is 0 Å². The number of piperidine rings is 1. The molecule has 2 aromatic carbocycles. The Bertz CT molecular complexity index is 1700. The summed E-state index contributed by atoms with van der Waals surface area (Å²) in [5, 5.41) is 13.4. The van der Waals surface area contributed by atoms with Gasteiger partial charge in [0, 0.05) is 44.8 Å². The van der Waals surface area contributed by atoms with E-state index < -0.39 is 17.9 Å². The van der Waals surface area contributed by atoms with Crippen molar-refractivity contribution in [3.05, 3.63) is 66.0 Å². The van der Waals surface area contributed by atoms with Crippen molar-refractivity contribution in [3.63, 3.8) is 0 Å². The maximum atomic E-state index is 13.4. The SMILES string of the molecule is CN1C(=O)N(c2ccc3[nH]nnc3c2)C2(CCN(C(=O)c3cnc(NCc4cccc(OC(F)(F)F)c4)nc3)CC2)C1=O. The van der Waals surface area contributed by atoms with Crippen LogP contribution in [-0.2, 0) is 11.3 Å². The van der Waals surface area contributed by atoms with Crippen molar-refractivity contribution >= 4 is 40.5 Å². The molecule has 0 saturated carbocycles. The van der Waals surface area contributed by atoms with E-state index in [1.807, 2.05) is 0 Å². The van der Waals surface area contributed by atoms with Gasteiger partial charge in [-0.1, -0.05) is 17.3 Å². The van der Waals surface area contributed by atoms with Crippen LogP contribution < -0.4 is 15.0 Å². The standard InChI is InChI=1S/C27H24F3N9O4/c1-37-23(41)26(39(25(37)42)18-5-6-20-21(12-18)35-36-34-20)7-9-38(10-8-26)22(40)17-14-32-24(33-15-17)31-13-16-3-2-4-19(11-16)43-27(28,29)30/h2-6,11-12,14-15H,7-10,13H2,1H3,(H,31,32,33)(H,34,35,36). The number of ether oxygens (including phenoxy) is 1. The zero-order valence-electron chi connectivity index (χ0n) is 22.6. The fourth-order valence-electron chi connectivity index (χ4n) is 5.42. The van der Waals surface area contributed by atoms with E-state index >= 15 is 0 Å². The van der Waals surface area contributed by atoms with Gasteiger partial charge in [-0.2, -0.15) is 0 Å². The van der Waals surface area contributed by atoms with Crippen LogP contribution in [0.2, 0.25) is 0 Å². The number of likely N-dealkylation sites (N-methyl/N-ethyl adjacent to an activating group) is 1. The third-order valence-electron chi connectivity index (χ3n) is 7.54. The Labute approximate surface area is 241 Å². The summed E-state index contributed by atoms with van der Waals surface area (Å²) in [6, 6.07) is 10.2. The molecule has 0 atom stereocenters. The summed E-state index contributed by atoms with van der Waals surface area (Å²) in [5.41, 5.74) is 1.34. The summed E-state index contributed by atoms with van der Waals surface area (Å²) in [5.74, 6) is -0.834. The Morgan fingerprint density at radius 1 is 1.09 bits per heavy atom. The van der Waals surface area contributed by atoms with Gasteiger partial charge in [0.2, 0.25) is 5.95 Å². The van der Waals surface area contributed by atoms with Crippen molar-refractivity contribution in [1.29, 1.82) is 0 Å². The third kappa shape index (κ3) is 5.26. The predicted molar refractivity (Wildman–Crippen MR) is 145 cm³/mol. The molecule has 4 heterocycles. The van der Waals surface area contributed by atoms with Crippen LogP contribution in [0.5, 0.6) is 5.75 Å². The lowest BCUT2D eigenvalue weighted by molar-refractivity contribution is -0.274. The minimum Gasteiger partial charge on any atom is -0.406 e. The number of nitrogens with zero attached hydrogens (tertiary/aromatic N) is 7. The highest BCUT2D eigenvalue weighted by Crippen LogP contribution is 2.41. The van der Waals surface area contributed by atoms with Gasteiger partial charge in [0.15, 0.2) is 0 Å². The number of fused-ring (bicyclic) bond motifs is 1. The number of halogens is 3. The van der Waals surface area contributed by atoms with Crippen molar-refractivity contribution in [2.75, 3.05) is 30.4 Å². The molecule has 0 aliphatic carbocycles. The maximum absolute atomic E-state index is 13.4. The van der Waals surface area contributed by atoms with Gasteiger partial charge in [0.05, 0.1) is 11.1 Å². The molecular weight excluding hydrogens is 571 g/mol. The summed E-state index contributed by atoms with van der Waals surface area (Å²) < 4.78 is 41.4. The number of amides is 4. The number of imide groups is 1. The van der Waals surface area contributed by atoms with Crippen LogP contribution >= 0.6 is 0 Å². The highest BCUT2D eigenvalue weighted by molar-refractivity contribution is 6.17. The van der Waals surface area contributed by atoms with Crippen molar-refractivity contribution < 1.29 is 32.3 Å². The fraction of sp³-hybridized carbons (Fsp3) is 0.296. The molecule has 0 radical (unpaired) electrons. The quantitative estimate of drug-likeness (QED) is 0.320. The Balaban J connectivity index is 1.11. The lowest BCUT2D eigenvalue weighted by Gasteiger charge is -2.42. The lowest BCUT2D eigenvalue weighted by atomic mass is 9.85. The number of urea groups is 1. The molecule has 1 spiro atoms. The molecule has 4 aromatic rings. The van der Waals surface area contributed by atoms with Crippen LogP contribution in [0.3, 0.4) is 0 Å². The Morgan fingerprint density at radius 3 is 2.56 bits per heavy atom. The number of rotatable bonds is 6. The van der Waals surface area contributed by atoms with Gasteiger partial charge in [0.25, 0.3) is 11.8 Å². The summed E-state index contributed by atoms with van der Waals surface area (Å²) in [6.45, 7) is 0.549. The van der Waals surface area contributed by atoms with Crippen LogP contribution in [0.15, 0.2) is 54.9 Å². The molecular formula is C27H24F3N9O4. The normalized spacial score (nSPS) is 16.8. The van der Waals surface area contributed by atoms with Gasteiger partial charge in [-0.05, 0) is 48.7 Å². The zero-order valence-corrected chi connectivity index (χ0v) is 22.6. The first-order chi connectivity index (χ1) is 20.5. The smallest absolute Gasteiger partial charge is 0.406 e. The van der Waals surface area contributed by atoms with Gasteiger partial charge in [-0.25, -0.2) is 14.8 Å². The second-order valence-electron chi connectivity index (χ2n) is 10.2. The van der Waals surface area contributed by atoms with Crippen LogP contribution in [0.4, 0.5) is 29.6 Å². The summed E-state index contributed by atoms with van der Waals surface area (Å²) >= 11 is 0. The van der Waals surface area contributed by atoms with Gasteiger partial charge < -0.3 is 15.0 Å². The number of aromatic amines is 1. The van der Waals surface area contributed by atoms with E-state index in [1.54, 1.807) is 29.2 Å². The average molecular weight is 596 g/mol. The molecule has 0 bridgehead atoms. The highest BCUT2D eigenvalue weighted by atomic mass is 19.4. The Kier molecular flexibility index (Phi) is 6.82. The van der Waals surface area contributed by atoms with Gasteiger partial charge >= 0.3 is 12.4 Å². The van der Waals surface area contributed by atoms with Gasteiger partial charge in [0.1, 0.15) is 16.8 Å². The average Bonchev–Trinajstić information content (AvgIpc) is 3.53. The topological polar surface area (TPSA) is 150 Å². The highest BCUT2D eigenvalue weighted by Gasteiger charge is 2.58. The molecule has 13 nitrogen and oxygen atoms in total. The number of alkyl halides is 3. The molecule has 4 amide bonds. The first-order valence-electron chi connectivity index (χ1n) is 13.2. The first kappa shape index (κ1) is 27.9. The van der Waals surface area contributed by atoms with E-state index in [9.17, 15) is 27.6 Å². The number of hydrogen-bond acceptors (Lipinski definition) is 9. The molecule has 2 saturated heterocycles. The maximum Gasteiger partial charge on any atom is 0.573 e. The molecule has 2 aliphatic rings. The second-order valence-corrected chi connectivity index (χ2v) is 10.2. The third-order valence-corrected chi connectivity index (χ3v) is 7.54. The largest absolute Gasteiger partial charge is 0.573 e. The molecule has 2 aromatic heterocycles. The van der Waals surface area contributed by atoms with E-state index in [2.05, 4.69) is 35.4 Å². The molecule has 0 unspecified atom stereocenters. The van der Waals surface area contributed by atoms with Crippen LogP contribution in [0, 0.1) is 0 Å². The number of benzene rings is 2. The monoisotopic (exact) mass is 595 g/mol. The number of aromatic nitrogens is 5. The predicted octanol–water partition coefficient (Wildman–Crippen LogP) is 3.33. The minimum atomic E-state index is -4.79. The number of anilines is 2. The number of carbonyl (C=O) groups excluding carboxylic acids is 3. The number of hydrogen-bond donors (Lipinski definition) is 2. The molecule has 2 N–H and O–H groups in total. The van der Waals surface area contributed by atoms with Gasteiger partial charge in [-0.3, -0.25) is 24.5 Å². The number of H-pyrrole nitrogens is 1. The second kappa shape index (κ2) is 10.5. The summed E-state index contributed by atoms with van der Waals surface area (Å²) in [4.78, 5) is 52.3. The van der Waals surface area contributed by atoms with Gasteiger partial charge in [-0.15, -0.1) is 18.3 Å². The molecule has 222 valence electrons. The fourth-order valence-corrected chi connectivity index (χ4v) is 5.42. The molecule has 6 rings (SSSR count). The van der Waals surface area contributed by atoms with E-state index in [1.165, 1.54) is 42.5 Å². The minimum absolute atomic E-state index is 0.123. The summed E-state index contributed by atoms with van der Waals surface area (Å²) in [7, 11) is 1.44. The first-order valence-corrected chi connectivity index (χ1v) is 13.2. The van der Waals surface area contributed by atoms with E-state index in [0.717, 1.165) is 4.90 Å². The number of likely N-dealkylation sites (tertiary alicyclic amines) is 1. The van der Waals surface area contributed by atoms with Crippen molar-refractivity contribution in [2.24, 2.45) is 0 Å². The van der Waals surface area contributed by atoms with E-state index in [-0.39, 0.29) is 61.6 Å². The molecule has 2 fully saturated rings. The zero-order chi connectivity index (χ0) is 30.4. The lowest BCUT2D eigenvalue weighted by Crippen LogP contribution is -2.57. The molecule has 2 aliphatic heterocycles. The Morgan fingerprint density at radius 2 is 1.84 bits per heavy atom. The molecule has 43 heavy (non-hydrogen) atoms. The van der Waals surface area contributed by atoms with E-state index in [0.29, 0.717) is 22.3 Å². The number of carbonyl (C=O) groups is 3. The van der Waals surface area contributed by atoms with Crippen LogP contribution in [0.25, 0.3) is 11.0 Å². The van der Waals surface area contributed by atoms with Crippen LogP contribution in [-0.4, -0.2) is 85.1 Å². The Hall–Kier alpha value is -5.28. The van der Waals surface area contributed by atoms with Crippen molar-refractivity contribution in [2.45, 2.75) is 31.3 Å². The number of nitrogens with one attached hydrogen (secondary N) is 2.